The highest BCUT2D eigenvalue weighted by Gasteiger charge is 2.01. The lowest BCUT2D eigenvalue weighted by atomic mass is 10.2. The van der Waals surface area contributed by atoms with E-state index >= 15 is 0 Å². The number of hydrogen-bond donors (Lipinski definition) is 2. The molecule has 0 saturated heterocycles. The van der Waals surface area contributed by atoms with Crippen LogP contribution < -0.4 is 5.32 Å². The monoisotopic (exact) mass is 234 g/mol. The first-order chi connectivity index (χ1) is 7.92. The van der Waals surface area contributed by atoms with Gasteiger partial charge in [-0.1, -0.05) is 18.2 Å². The molecule has 0 saturated carbocycles. The minimum atomic E-state index is 0.957. The predicted molar refractivity (Wildman–Crippen MR) is 73.0 cm³/mol. The molecule has 0 aliphatic carbocycles. The molecular formula is C13H18N2S. The topological polar surface area (TPSA) is 27.8 Å². The van der Waals surface area contributed by atoms with Gasteiger partial charge in [-0.15, -0.1) is 0 Å². The first-order valence-corrected chi connectivity index (χ1v) is 7.06. The van der Waals surface area contributed by atoms with Gasteiger partial charge in [0.2, 0.25) is 0 Å². The number of nitrogens with one attached hydrogen (secondary N) is 2. The normalized spacial score (nSPS) is 11.1. The molecule has 1 aromatic carbocycles. The Bertz CT molecular complexity index is 436. The fourth-order valence-corrected chi connectivity index (χ4v) is 2.28. The van der Waals surface area contributed by atoms with Crippen LogP contribution in [-0.2, 0) is 6.54 Å². The Morgan fingerprint density at radius 2 is 2.19 bits per heavy atom. The lowest BCUT2D eigenvalue weighted by molar-refractivity contribution is 0.681. The minimum Gasteiger partial charge on any atom is -0.361 e. The molecule has 0 fully saturated rings. The minimum absolute atomic E-state index is 0.957. The Kier molecular flexibility index (Phi) is 4.31. The highest BCUT2D eigenvalue weighted by Crippen LogP contribution is 2.17. The summed E-state index contributed by atoms with van der Waals surface area (Å²) in [5.41, 5.74) is 2.59. The van der Waals surface area contributed by atoms with Crippen molar-refractivity contribution in [1.29, 1.82) is 0 Å². The highest BCUT2D eigenvalue weighted by molar-refractivity contribution is 7.98. The fraction of sp³-hybridized carbons (Fsp3) is 0.385. The second-order valence-electron chi connectivity index (χ2n) is 3.88. The van der Waals surface area contributed by atoms with Crippen molar-refractivity contribution in [3.8, 4) is 0 Å². The maximum Gasteiger partial charge on any atom is 0.0457 e. The van der Waals surface area contributed by atoms with Gasteiger partial charge in [-0.2, -0.15) is 11.8 Å². The van der Waals surface area contributed by atoms with Crippen LogP contribution in [0.3, 0.4) is 0 Å². The van der Waals surface area contributed by atoms with Gasteiger partial charge in [0.15, 0.2) is 0 Å². The van der Waals surface area contributed by atoms with E-state index in [0.717, 1.165) is 13.1 Å². The van der Waals surface area contributed by atoms with Crippen molar-refractivity contribution < 1.29 is 0 Å². The summed E-state index contributed by atoms with van der Waals surface area (Å²) in [7, 11) is 0. The third-order valence-electron chi connectivity index (χ3n) is 2.69. The van der Waals surface area contributed by atoms with Gasteiger partial charge >= 0.3 is 0 Å². The van der Waals surface area contributed by atoms with Crippen molar-refractivity contribution in [3.63, 3.8) is 0 Å². The van der Waals surface area contributed by atoms with Crippen LogP contribution in [0.5, 0.6) is 0 Å². The van der Waals surface area contributed by atoms with E-state index in [1.54, 1.807) is 0 Å². The summed E-state index contributed by atoms with van der Waals surface area (Å²) in [4.78, 5) is 3.30. The molecule has 2 nitrogen and oxygen atoms in total. The lowest BCUT2D eigenvalue weighted by Crippen LogP contribution is -2.14. The number of thioether (sulfide) groups is 1. The molecule has 0 radical (unpaired) electrons. The standard InChI is InChI=1S/C13H18N2S/c1-16-8-4-7-14-9-11-10-15-13-6-3-2-5-12(11)13/h2-3,5-6,10,14-15H,4,7-9H2,1H3. The van der Waals surface area contributed by atoms with Gasteiger partial charge in [0.25, 0.3) is 0 Å². The highest BCUT2D eigenvalue weighted by atomic mass is 32.2. The molecule has 3 heteroatoms. The van der Waals surface area contributed by atoms with Crippen molar-refractivity contribution in [2.45, 2.75) is 13.0 Å². The van der Waals surface area contributed by atoms with Crippen molar-refractivity contribution >= 4 is 22.7 Å². The zero-order chi connectivity index (χ0) is 11.2. The van der Waals surface area contributed by atoms with Gasteiger partial charge in [0.05, 0.1) is 0 Å². The molecule has 0 unspecified atom stereocenters. The van der Waals surface area contributed by atoms with E-state index in [0.29, 0.717) is 0 Å². The van der Waals surface area contributed by atoms with E-state index in [-0.39, 0.29) is 0 Å². The molecule has 0 amide bonds. The smallest absolute Gasteiger partial charge is 0.0457 e. The molecule has 2 aromatic rings. The second kappa shape index (κ2) is 5.97. The molecule has 1 aromatic heterocycles. The molecule has 2 N–H and O–H groups in total. The quantitative estimate of drug-likeness (QED) is 0.752. The van der Waals surface area contributed by atoms with Crippen LogP contribution in [0, 0.1) is 0 Å². The Morgan fingerprint density at radius 1 is 1.31 bits per heavy atom. The molecule has 86 valence electrons. The zero-order valence-corrected chi connectivity index (χ0v) is 10.4. The molecule has 0 bridgehead atoms. The number of hydrogen-bond acceptors (Lipinski definition) is 2. The summed E-state index contributed by atoms with van der Waals surface area (Å²) in [5.74, 6) is 1.24. The summed E-state index contributed by atoms with van der Waals surface area (Å²) in [6.07, 6.45) is 5.50. The SMILES string of the molecule is CSCCCNCc1c[nH]c2ccccc12. The van der Waals surface area contributed by atoms with Crippen LogP contribution in [0.1, 0.15) is 12.0 Å². The number of benzene rings is 1. The third-order valence-corrected chi connectivity index (χ3v) is 3.39. The maximum atomic E-state index is 3.48. The number of aromatic nitrogens is 1. The molecule has 2 rings (SSSR count). The molecule has 0 aliphatic heterocycles. The van der Waals surface area contributed by atoms with Crippen molar-refractivity contribution in [1.82, 2.24) is 10.3 Å². The van der Waals surface area contributed by atoms with Gasteiger partial charge in [-0.25, -0.2) is 0 Å². The van der Waals surface area contributed by atoms with Crippen LogP contribution in [0.15, 0.2) is 30.5 Å². The first kappa shape index (κ1) is 11.6. The number of rotatable bonds is 6. The van der Waals surface area contributed by atoms with Crippen LogP contribution in [0.2, 0.25) is 0 Å². The summed E-state index contributed by atoms with van der Waals surface area (Å²) in [6, 6.07) is 8.44. The van der Waals surface area contributed by atoms with Crippen LogP contribution in [-0.4, -0.2) is 23.5 Å². The van der Waals surface area contributed by atoms with Gasteiger partial charge in [-0.3, -0.25) is 0 Å². The Hall–Kier alpha value is -0.930. The maximum absolute atomic E-state index is 3.48. The van der Waals surface area contributed by atoms with E-state index in [9.17, 15) is 0 Å². The average molecular weight is 234 g/mol. The Morgan fingerprint density at radius 3 is 3.06 bits per heavy atom. The number of fused-ring (bicyclic) bond motifs is 1. The van der Waals surface area contributed by atoms with E-state index < -0.39 is 0 Å². The summed E-state index contributed by atoms with van der Waals surface area (Å²) >= 11 is 1.91. The van der Waals surface area contributed by atoms with Crippen LogP contribution in [0.4, 0.5) is 0 Å². The first-order valence-electron chi connectivity index (χ1n) is 5.66. The second-order valence-corrected chi connectivity index (χ2v) is 4.87. The average Bonchev–Trinajstić information content (AvgIpc) is 2.73. The summed E-state index contributed by atoms with van der Waals surface area (Å²) < 4.78 is 0. The third kappa shape index (κ3) is 2.80. The summed E-state index contributed by atoms with van der Waals surface area (Å²) in [6.45, 7) is 2.05. The van der Waals surface area contributed by atoms with Crippen molar-refractivity contribution in [2.24, 2.45) is 0 Å². The molecule has 0 aliphatic rings. The number of H-pyrrole nitrogens is 1. The number of aromatic amines is 1. The Balaban J connectivity index is 1.89. The molecule has 1 heterocycles. The Labute approximate surface area is 101 Å². The zero-order valence-electron chi connectivity index (χ0n) is 9.62. The van der Waals surface area contributed by atoms with E-state index in [2.05, 4.69) is 47.0 Å². The van der Waals surface area contributed by atoms with Crippen LogP contribution in [0.25, 0.3) is 10.9 Å². The fourth-order valence-electron chi connectivity index (χ4n) is 1.84. The molecule has 0 atom stereocenters. The van der Waals surface area contributed by atoms with Gasteiger partial charge < -0.3 is 10.3 Å². The summed E-state index contributed by atoms with van der Waals surface area (Å²) in [5, 5.41) is 4.81. The lowest BCUT2D eigenvalue weighted by Gasteiger charge is -2.02. The van der Waals surface area contributed by atoms with E-state index in [4.69, 9.17) is 0 Å². The predicted octanol–water partition coefficient (Wildman–Crippen LogP) is 3.01. The molecule has 0 spiro atoms. The van der Waals surface area contributed by atoms with Crippen molar-refractivity contribution in [2.75, 3.05) is 18.6 Å². The van der Waals surface area contributed by atoms with Gasteiger partial charge in [0, 0.05) is 23.6 Å². The van der Waals surface area contributed by atoms with Crippen molar-refractivity contribution in [3.05, 3.63) is 36.0 Å². The van der Waals surface area contributed by atoms with Crippen LogP contribution >= 0.6 is 11.8 Å². The van der Waals surface area contributed by atoms with E-state index in [1.165, 1.54) is 28.6 Å². The van der Waals surface area contributed by atoms with Gasteiger partial charge in [0.1, 0.15) is 0 Å². The molecule has 16 heavy (non-hydrogen) atoms. The van der Waals surface area contributed by atoms with Gasteiger partial charge in [-0.05, 0) is 36.6 Å². The number of para-hydroxylation sites is 1. The molecular weight excluding hydrogens is 216 g/mol. The van der Waals surface area contributed by atoms with E-state index in [1.807, 2.05) is 11.8 Å². The largest absolute Gasteiger partial charge is 0.361 e.